The number of unbranched alkanes of at least 4 members (excludes halogenated alkanes) is 37. The highest BCUT2D eigenvalue weighted by Gasteiger charge is 2.30. The number of allylic oxidation sites excluding steroid dienone is 8. The van der Waals surface area contributed by atoms with Crippen LogP contribution in [0.1, 0.15) is 349 Å². The number of ether oxygens (including phenoxy) is 4. The molecule has 0 heterocycles. The molecular weight excluding hydrogens is 1250 g/mol. The predicted octanol–water partition coefficient (Wildman–Crippen LogP) is 21.6. The summed E-state index contributed by atoms with van der Waals surface area (Å²) >= 11 is 0. The molecular formula is C76H140O17P2. The summed E-state index contributed by atoms with van der Waals surface area (Å²) in [5.41, 5.74) is 0. The van der Waals surface area contributed by atoms with E-state index in [-0.39, 0.29) is 25.7 Å². The molecule has 0 amide bonds. The number of phosphoric acid groups is 2. The second kappa shape index (κ2) is 68.2. The van der Waals surface area contributed by atoms with Gasteiger partial charge in [0.25, 0.3) is 0 Å². The molecule has 0 aromatic rings. The molecule has 0 rings (SSSR count). The molecule has 19 heteroatoms. The number of aliphatic hydroxyl groups is 1. The SMILES string of the molecule is CCCCCC/C=C\C=C/CCCCCCCC(=O)OC[C@H](COP(=O)(O)OC[C@@H](O)COP(=O)(O)OC[C@@H](COC(=O)CCCCCCCCCCCCC)OC(=O)CCCCCCCCCCCCC(C)CC)OC(=O)CCCCCCC/C=C\C=C/CCCCCC. The van der Waals surface area contributed by atoms with Gasteiger partial charge in [0.05, 0.1) is 26.4 Å². The number of carbonyl (C=O) groups is 4. The van der Waals surface area contributed by atoms with Crippen molar-refractivity contribution in [3.05, 3.63) is 48.6 Å². The molecule has 0 fully saturated rings. The van der Waals surface area contributed by atoms with Crippen LogP contribution in [0.15, 0.2) is 48.6 Å². The standard InChI is InChI=1S/C76H140O17P2/c1-6-10-13-16-19-22-25-27-29-31-34-40-45-50-55-60-74(79)87-66-71(92-75(80)61-56-51-46-41-35-32-30-28-26-23-20-17-14-11-7-2)67-90-94(82,83)88-63-70(77)64-89-95(84,85)91-68-72(65-86-73(78)59-54-49-44-39-33-24-21-18-15-12-8-3)93-76(81)62-57-52-47-42-37-36-38-43-48-53-58-69(5)9-4/h22-23,25-30,69-72,77H,6-21,24,31-68H2,1-5H3,(H,82,83)(H,84,85)/b25-22-,26-23-,29-27-,30-28-/t69?,70-,71-,72-/m1/s1. The van der Waals surface area contributed by atoms with Crippen LogP contribution in [-0.2, 0) is 65.4 Å². The van der Waals surface area contributed by atoms with Crippen LogP contribution in [0.2, 0.25) is 0 Å². The lowest BCUT2D eigenvalue weighted by atomic mass is 9.99. The lowest BCUT2D eigenvalue weighted by molar-refractivity contribution is -0.161. The summed E-state index contributed by atoms with van der Waals surface area (Å²) in [4.78, 5) is 72.8. The molecule has 3 N–H and O–H groups in total. The number of aliphatic hydroxyl groups excluding tert-OH is 1. The first-order valence-electron chi connectivity index (χ1n) is 38.3. The van der Waals surface area contributed by atoms with E-state index in [9.17, 15) is 43.2 Å². The van der Waals surface area contributed by atoms with E-state index >= 15 is 0 Å². The highest BCUT2D eigenvalue weighted by molar-refractivity contribution is 7.47. The molecule has 95 heavy (non-hydrogen) atoms. The van der Waals surface area contributed by atoms with Crippen LogP contribution in [0, 0.1) is 5.92 Å². The van der Waals surface area contributed by atoms with E-state index in [1.165, 1.54) is 141 Å². The number of phosphoric ester groups is 2. The molecule has 0 aliphatic rings. The predicted molar refractivity (Wildman–Crippen MR) is 386 cm³/mol. The monoisotopic (exact) mass is 1390 g/mol. The lowest BCUT2D eigenvalue weighted by Crippen LogP contribution is -2.30. The normalized spacial score (nSPS) is 14.6. The van der Waals surface area contributed by atoms with Crippen LogP contribution in [0.3, 0.4) is 0 Å². The fraction of sp³-hybridized carbons (Fsp3) is 0.842. The summed E-state index contributed by atoms with van der Waals surface area (Å²) in [6.45, 7) is 7.18. The third-order valence-electron chi connectivity index (χ3n) is 16.9. The van der Waals surface area contributed by atoms with E-state index in [0.717, 1.165) is 128 Å². The van der Waals surface area contributed by atoms with E-state index in [0.29, 0.717) is 25.7 Å². The van der Waals surface area contributed by atoms with Crippen LogP contribution in [0.25, 0.3) is 0 Å². The van der Waals surface area contributed by atoms with Crippen LogP contribution in [-0.4, -0.2) is 96.7 Å². The van der Waals surface area contributed by atoms with Crippen molar-refractivity contribution in [2.75, 3.05) is 39.6 Å². The smallest absolute Gasteiger partial charge is 0.462 e. The summed E-state index contributed by atoms with van der Waals surface area (Å²) in [5, 5.41) is 10.6. The number of carbonyl (C=O) groups excluding carboxylic acids is 4. The maximum Gasteiger partial charge on any atom is 0.472 e. The average Bonchev–Trinajstić information content (AvgIpc) is 2.65. The number of esters is 4. The van der Waals surface area contributed by atoms with Gasteiger partial charge >= 0.3 is 39.5 Å². The van der Waals surface area contributed by atoms with Crippen molar-refractivity contribution < 1.29 is 80.2 Å². The van der Waals surface area contributed by atoms with Crippen molar-refractivity contribution in [1.82, 2.24) is 0 Å². The van der Waals surface area contributed by atoms with Gasteiger partial charge in [-0.2, -0.15) is 0 Å². The Morgan fingerprint density at radius 2 is 0.589 bits per heavy atom. The van der Waals surface area contributed by atoms with Crippen LogP contribution in [0.5, 0.6) is 0 Å². The topological polar surface area (TPSA) is 237 Å². The second-order valence-electron chi connectivity index (χ2n) is 26.3. The van der Waals surface area contributed by atoms with Gasteiger partial charge in [-0.3, -0.25) is 37.3 Å². The summed E-state index contributed by atoms with van der Waals surface area (Å²) in [6.07, 6.45) is 62.4. The minimum Gasteiger partial charge on any atom is -0.462 e. The molecule has 0 aromatic carbocycles. The van der Waals surface area contributed by atoms with E-state index in [4.69, 9.17) is 37.0 Å². The molecule has 0 saturated carbocycles. The Morgan fingerprint density at radius 1 is 0.337 bits per heavy atom. The molecule has 0 radical (unpaired) electrons. The zero-order chi connectivity index (χ0) is 69.8. The van der Waals surface area contributed by atoms with E-state index in [1.54, 1.807) is 0 Å². The molecule has 3 unspecified atom stereocenters. The van der Waals surface area contributed by atoms with Crippen molar-refractivity contribution in [3.8, 4) is 0 Å². The zero-order valence-corrected chi connectivity index (χ0v) is 62.6. The van der Waals surface area contributed by atoms with Gasteiger partial charge in [0.15, 0.2) is 12.2 Å². The maximum absolute atomic E-state index is 13.1. The molecule has 0 aromatic heterocycles. The van der Waals surface area contributed by atoms with Crippen molar-refractivity contribution in [2.24, 2.45) is 5.92 Å². The third kappa shape index (κ3) is 68.0. The van der Waals surface area contributed by atoms with Gasteiger partial charge < -0.3 is 33.8 Å². The largest absolute Gasteiger partial charge is 0.472 e. The van der Waals surface area contributed by atoms with Crippen molar-refractivity contribution in [2.45, 2.75) is 368 Å². The minimum absolute atomic E-state index is 0.0783. The Kier molecular flexibility index (Phi) is 66.0. The summed E-state index contributed by atoms with van der Waals surface area (Å²) in [6, 6.07) is 0. The van der Waals surface area contributed by atoms with Crippen molar-refractivity contribution in [1.29, 1.82) is 0 Å². The zero-order valence-electron chi connectivity index (χ0n) is 60.8. The highest BCUT2D eigenvalue weighted by atomic mass is 31.2. The van der Waals surface area contributed by atoms with Gasteiger partial charge in [-0.25, -0.2) is 9.13 Å². The van der Waals surface area contributed by atoms with Gasteiger partial charge in [-0.05, 0) is 83.0 Å². The first-order chi connectivity index (χ1) is 46.1. The molecule has 0 saturated heterocycles. The molecule has 0 aliphatic heterocycles. The van der Waals surface area contributed by atoms with E-state index in [1.807, 2.05) is 0 Å². The Balaban J connectivity index is 5.33. The molecule has 0 spiro atoms. The molecule has 6 atom stereocenters. The first kappa shape index (κ1) is 92.0. The number of hydrogen-bond donors (Lipinski definition) is 3. The van der Waals surface area contributed by atoms with E-state index in [2.05, 4.69) is 83.2 Å². The van der Waals surface area contributed by atoms with E-state index < -0.39 is 97.5 Å². The van der Waals surface area contributed by atoms with Crippen molar-refractivity contribution in [3.63, 3.8) is 0 Å². The Morgan fingerprint density at radius 3 is 0.895 bits per heavy atom. The van der Waals surface area contributed by atoms with Crippen LogP contribution < -0.4 is 0 Å². The summed E-state index contributed by atoms with van der Waals surface area (Å²) < 4.78 is 68.4. The van der Waals surface area contributed by atoms with Crippen LogP contribution in [0.4, 0.5) is 0 Å². The summed E-state index contributed by atoms with van der Waals surface area (Å²) in [7, 11) is -9.93. The second-order valence-corrected chi connectivity index (χ2v) is 29.2. The number of hydrogen-bond acceptors (Lipinski definition) is 15. The molecule has 0 bridgehead atoms. The molecule has 556 valence electrons. The number of rotatable bonds is 72. The average molecular weight is 1390 g/mol. The maximum atomic E-state index is 13.1. The van der Waals surface area contributed by atoms with Gasteiger partial charge in [-0.15, -0.1) is 0 Å². The fourth-order valence-electron chi connectivity index (χ4n) is 10.6. The van der Waals surface area contributed by atoms with Crippen molar-refractivity contribution >= 4 is 39.5 Å². The Bertz CT molecular complexity index is 2010. The lowest BCUT2D eigenvalue weighted by Gasteiger charge is -2.21. The van der Waals surface area contributed by atoms with Gasteiger partial charge in [0.1, 0.15) is 19.3 Å². The fourth-order valence-corrected chi connectivity index (χ4v) is 12.2. The minimum atomic E-state index is -4.97. The van der Waals surface area contributed by atoms with Gasteiger partial charge in [0, 0.05) is 25.7 Å². The van der Waals surface area contributed by atoms with Crippen LogP contribution >= 0.6 is 15.6 Å². The molecule has 0 aliphatic carbocycles. The highest BCUT2D eigenvalue weighted by Crippen LogP contribution is 2.45. The Hall–Kier alpha value is -2.98. The molecule has 17 nitrogen and oxygen atoms in total. The first-order valence-corrected chi connectivity index (χ1v) is 41.3. The van der Waals surface area contributed by atoms with Gasteiger partial charge in [-0.1, -0.05) is 295 Å². The van der Waals surface area contributed by atoms with Gasteiger partial charge in [0.2, 0.25) is 0 Å². The quantitative estimate of drug-likeness (QED) is 0.0169. The Labute approximate surface area is 578 Å². The third-order valence-corrected chi connectivity index (χ3v) is 18.8. The summed E-state index contributed by atoms with van der Waals surface area (Å²) in [5.74, 6) is -1.37.